The molecule has 5 rings (SSSR count). The van der Waals surface area contributed by atoms with Crippen LogP contribution in [0.3, 0.4) is 0 Å². The molecule has 0 N–H and O–H groups in total. The molecule has 0 radical (unpaired) electrons. The standard InChI is InChI=1S/C21H20N4O4S/c1-13-3-5-16(6-4-13)30(27,28)25-8-7-17-19-18(11-22-20(17)25)23-12-24(19)15-9-14(10-15)21(26)29-2/h3-8,11-12,14-15H,9-10H2,1-2H3/t14-,15+. The van der Waals surface area contributed by atoms with Crippen LogP contribution in [0.1, 0.15) is 24.4 Å². The highest BCUT2D eigenvalue weighted by Gasteiger charge is 2.37. The summed E-state index contributed by atoms with van der Waals surface area (Å²) in [6.07, 6.45) is 6.19. The number of benzene rings is 1. The SMILES string of the molecule is COC(=O)[C@H]1C[C@@H](n2cnc3cnc4c(ccn4S(=O)(=O)c4ccc(C)cc4)c32)C1. The second-order valence-electron chi connectivity index (χ2n) is 7.66. The Labute approximate surface area is 173 Å². The van der Waals surface area contributed by atoms with Crippen LogP contribution in [0, 0.1) is 12.8 Å². The molecule has 3 aromatic heterocycles. The molecule has 30 heavy (non-hydrogen) atoms. The van der Waals surface area contributed by atoms with E-state index in [4.69, 9.17) is 4.74 Å². The molecule has 1 aromatic carbocycles. The van der Waals surface area contributed by atoms with Gasteiger partial charge in [0.2, 0.25) is 0 Å². The molecule has 1 aliphatic rings. The molecule has 4 aromatic rings. The van der Waals surface area contributed by atoms with Crippen LogP contribution in [0.2, 0.25) is 0 Å². The van der Waals surface area contributed by atoms with E-state index in [9.17, 15) is 13.2 Å². The number of pyridine rings is 1. The van der Waals surface area contributed by atoms with Gasteiger partial charge in [0.15, 0.2) is 5.65 Å². The van der Waals surface area contributed by atoms with Crippen LogP contribution in [0.4, 0.5) is 0 Å². The summed E-state index contributed by atoms with van der Waals surface area (Å²) in [5.74, 6) is -0.306. The molecule has 0 saturated heterocycles. The Morgan fingerprint density at radius 2 is 1.87 bits per heavy atom. The van der Waals surface area contributed by atoms with Gasteiger partial charge in [-0.05, 0) is 38.0 Å². The summed E-state index contributed by atoms with van der Waals surface area (Å²) >= 11 is 0. The Balaban J connectivity index is 1.59. The molecule has 0 bridgehead atoms. The number of ether oxygens (including phenoxy) is 1. The van der Waals surface area contributed by atoms with Crippen LogP contribution in [-0.2, 0) is 19.6 Å². The van der Waals surface area contributed by atoms with Crippen LogP contribution < -0.4 is 0 Å². The number of rotatable bonds is 4. The first-order valence-electron chi connectivity index (χ1n) is 9.63. The maximum Gasteiger partial charge on any atom is 0.308 e. The van der Waals surface area contributed by atoms with Gasteiger partial charge in [-0.3, -0.25) is 4.79 Å². The smallest absolute Gasteiger partial charge is 0.308 e. The Kier molecular flexibility index (Phi) is 4.18. The van der Waals surface area contributed by atoms with Gasteiger partial charge in [-0.1, -0.05) is 17.7 Å². The average Bonchev–Trinajstić information content (AvgIpc) is 3.31. The number of aromatic nitrogens is 4. The predicted molar refractivity (Wildman–Crippen MR) is 111 cm³/mol. The van der Waals surface area contributed by atoms with Crippen molar-refractivity contribution >= 4 is 38.1 Å². The molecule has 0 aliphatic heterocycles. The molecule has 0 unspecified atom stereocenters. The molecule has 154 valence electrons. The molecule has 8 nitrogen and oxygen atoms in total. The zero-order valence-corrected chi connectivity index (χ0v) is 17.3. The van der Waals surface area contributed by atoms with Gasteiger partial charge in [0.05, 0.1) is 36.0 Å². The number of hydrogen-bond acceptors (Lipinski definition) is 6. The molecule has 1 aliphatic carbocycles. The summed E-state index contributed by atoms with van der Waals surface area (Å²) in [5, 5.41) is 0.710. The van der Waals surface area contributed by atoms with Crippen LogP contribution in [0.25, 0.3) is 22.1 Å². The number of carbonyl (C=O) groups excluding carboxylic acids is 1. The molecule has 9 heteroatoms. The van der Waals surface area contributed by atoms with Crippen LogP contribution in [-0.4, -0.2) is 40.0 Å². The summed E-state index contributed by atoms with van der Waals surface area (Å²) < 4.78 is 34.4. The number of nitrogens with zero attached hydrogens (tertiary/aromatic N) is 4. The lowest BCUT2D eigenvalue weighted by atomic mass is 9.80. The number of methoxy groups -OCH3 is 1. The van der Waals surface area contributed by atoms with Crippen molar-refractivity contribution in [2.24, 2.45) is 5.92 Å². The van der Waals surface area contributed by atoms with Gasteiger partial charge in [0.1, 0.15) is 5.52 Å². The quantitative estimate of drug-likeness (QED) is 0.467. The Bertz CT molecular complexity index is 1380. The van der Waals surface area contributed by atoms with Crippen molar-refractivity contribution in [2.75, 3.05) is 7.11 Å². The van der Waals surface area contributed by atoms with E-state index in [0.29, 0.717) is 29.4 Å². The first-order chi connectivity index (χ1) is 14.4. The van der Waals surface area contributed by atoms with Gasteiger partial charge >= 0.3 is 5.97 Å². The van der Waals surface area contributed by atoms with Crippen LogP contribution in [0.5, 0.6) is 0 Å². The highest BCUT2D eigenvalue weighted by Crippen LogP contribution is 2.41. The van der Waals surface area contributed by atoms with Crippen molar-refractivity contribution in [3.8, 4) is 0 Å². The van der Waals surface area contributed by atoms with Gasteiger partial charge in [-0.2, -0.15) is 0 Å². The minimum atomic E-state index is -3.78. The van der Waals surface area contributed by atoms with Gasteiger partial charge in [0.25, 0.3) is 10.0 Å². The summed E-state index contributed by atoms with van der Waals surface area (Å²) in [6, 6.07) is 8.61. The fourth-order valence-corrected chi connectivity index (χ4v) is 5.36. The first kappa shape index (κ1) is 18.8. The van der Waals surface area contributed by atoms with Crippen LogP contribution >= 0.6 is 0 Å². The number of carbonyl (C=O) groups is 1. The monoisotopic (exact) mass is 424 g/mol. The van der Waals surface area contributed by atoms with Gasteiger partial charge in [-0.15, -0.1) is 0 Å². The van der Waals surface area contributed by atoms with Crippen molar-refractivity contribution < 1.29 is 17.9 Å². The maximum absolute atomic E-state index is 13.2. The van der Waals surface area contributed by atoms with E-state index < -0.39 is 10.0 Å². The Morgan fingerprint density at radius 1 is 1.13 bits per heavy atom. The lowest BCUT2D eigenvalue weighted by molar-refractivity contribution is -0.149. The van der Waals surface area contributed by atoms with E-state index in [1.807, 2.05) is 11.5 Å². The summed E-state index contributed by atoms with van der Waals surface area (Å²) in [4.78, 5) is 20.7. The number of imidazole rings is 1. The predicted octanol–water partition coefficient (Wildman–Crippen LogP) is 3.06. The van der Waals surface area contributed by atoms with Crippen molar-refractivity contribution in [1.29, 1.82) is 0 Å². The minimum absolute atomic E-state index is 0.110. The molecule has 3 heterocycles. The molecular formula is C21H20N4O4S. The van der Waals surface area contributed by atoms with E-state index in [0.717, 1.165) is 11.1 Å². The second kappa shape index (κ2) is 6.66. The van der Waals surface area contributed by atoms with Crippen LogP contribution in [0.15, 0.2) is 53.9 Å². The molecule has 1 fully saturated rings. The van der Waals surface area contributed by atoms with Crippen molar-refractivity contribution in [3.05, 3.63) is 54.6 Å². The number of fused-ring (bicyclic) bond motifs is 3. The van der Waals surface area contributed by atoms with Gasteiger partial charge in [0, 0.05) is 17.6 Å². The highest BCUT2D eigenvalue weighted by atomic mass is 32.2. The van der Waals surface area contributed by atoms with E-state index in [1.54, 1.807) is 42.9 Å². The number of hydrogen-bond donors (Lipinski definition) is 0. The maximum atomic E-state index is 13.2. The summed E-state index contributed by atoms with van der Waals surface area (Å²) in [6.45, 7) is 1.91. The topological polar surface area (TPSA) is 96.1 Å². The molecule has 0 amide bonds. The van der Waals surface area contributed by atoms with Gasteiger partial charge < -0.3 is 9.30 Å². The van der Waals surface area contributed by atoms with Crippen molar-refractivity contribution in [2.45, 2.75) is 30.7 Å². The Hall–Kier alpha value is -3.20. The van der Waals surface area contributed by atoms with Crippen molar-refractivity contribution in [1.82, 2.24) is 18.5 Å². The lowest BCUT2D eigenvalue weighted by Crippen LogP contribution is -2.32. The van der Waals surface area contributed by atoms with E-state index >= 15 is 0 Å². The van der Waals surface area contributed by atoms with E-state index in [-0.39, 0.29) is 22.8 Å². The highest BCUT2D eigenvalue weighted by molar-refractivity contribution is 7.90. The molecule has 0 spiro atoms. The summed E-state index contributed by atoms with van der Waals surface area (Å²) in [5.41, 5.74) is 2.86. The zero-order chi connectivity index (χ0) is 21.0. The fraction of sp³-hybridized carbons (Fsp3) is 0.286. The number of aryl methyl sites for hydroxylation is 1. The largest absolute Gasteiger partial charge is 0.469 e. The minimum Gasteiger partial charge on any atom is -0.469 e. The third-order valence-corrected chi connectivity index (χ3v) is 7.51. The normalized spacial score (nSPS) is 19.1. The first-order valence-corrected chi connectivity index (χ1v) is 11.1. The average molecular weight is 424 g/mol. The van der Waals surface area contributed by atoms with Gasteiger partial charge in [-0.25, -0.2) is 22.4 Å². The zero-order valence-electron chi connectivity index (χ0n) is 16.5. The molecule has 1 saturated carbocycles. The fourth-order valence-electron chi connectivity index (χ4n) is 4.06. The molecular weight excluding hydrogens is 404 g/mol. The third kappa shape index (κ3) is 2.72. The van der Waals surface area contributed by atoms with E-state index in [2.05, 4.69) is 9.97 Å². The Morgan fingerprint density at radius 3 is 2.57 bits per heavy atom. The van der Waals surface area contributed by atoms with Crippen molar-refractivity contribution in [3.63, 3.8) is 0 Å². The lowest BCUT2D eigenvalue weighted by Gasteiger charge is -2.34. The second-order valence-corrected chi connectivity index (χ2v) is 9.47. The number of esters is 1. The van der Waals surface area contributed by atoms with E-state index in [1.165, 1.54) is 17.3 Å². The summed E-state index contributed by atoms with van der Waals surface area (Å²) in [7, 11) is -2.38. The molecule has 0 atom stereocenters. The third-order valence-electron chi connectivity index (χ3n) is 5.83.